The van der Waals surface area contributed by atoms with Gasteiger partial charge in [-0.3, -0.25) is 0 Å². The van der Waals surface area contributed by atoms with Crippen molar-refractivity contribution in [2.75, 3.05) is 21.1 Å². The van der Waals surface area contributed by atoms with E-state index in [4.69, 9.17) is 11.6 Å². The first-order valence-corrected chi connectivity index (χ1v) is 6.45. The van der Waals surface area contributed by atoms with Gasteiger partial charge in [0.15, 0.2) is 0 Å². The lowest BCUT2D eigenvalue weighted by Crippen LogP contribution is -2.55. The number of benzene rings is 1. The molecule has 0 bridgehead atoms. The number of hydrogen-bond acceptors (Lipinski definition) is 2. The van der Waals surface area contributed by atoms with Crippen molar-refractivity contribution in [3.8, 4) is 0 Å². The van der Waals surface area contributed by atoms with Crippen molar-refractivity contribution in [2.24, 2.45) is 0 Å². The van der Waals surface area contributed by atoms with Crippen molar-refractivity contribution in [1.29, 1.82) is 0 Å². The molecule has 1 N–H and O–H groups in total. The third-order valence-corrected chi connectivity index (χ3v) is 4.02. The molecule has 0 aliphatic heterocycles. The maximum absolute atomic E-state index is 13.8. The molecule has 18 heavy (non-hydrogen) atoms. The molecule has 1 rings (SSSR count). The minimum atomic E-state index is -0.200. The quantitative estimate of drug-likeness (QED) is 0.887. The lowest BCUT2D eigenvalue weighted by molar-refractivity contribution is 0.141. The summed E-state index contributed by atoms with van der Waals surface area (Å²) in [5.74, 6) is -0.200. The van der Waals surface area contributed by atoms with Crippen molar-refractivity contribution >= 4 is 11.6 Å². The topological polar surface area (TPSA) is 15.3 Å². The number of halogens is 2. The maximum Gasteiger partial charge on any atom is 0.126 e. The Balaban J connectivity index is 2.96. The summed E-state index contributed by atoms with van der Waals surface area (Å²) in [4.78, 5) is 2.14. The van der Waals surface area contributed by atoms with E-state index in [2.05, 4.69) is 24.1 Å². The Morgan fingerprint density at radius 1 is 1.39 bits per heavy atom. The monoisotopic (exact) mass is 272 g/mol. The first-order chi connectivity index (χ1) is 8.28. The molecule has 0 saturated heterocycles. The summed E-state index contributed by atoms with van der Waals surface area (Å²) in [6.45, 7) is 4.27. The van der Waals surface area contributed by atoms with Gasteiger partial charge in [-0.2, -0.15) is 0 Å². The zero-order valence-corrected chi connectivity index (χ0v) is 12.5. The largest absolute Gasteiger partial charge is 0.315 e. The number of likely N-dealkylation sites (N-methyl/N-ethyl adjacent to an activating group) is 2. The first kappa shape index (κ1) is 15.4. The zero-order valence-electron chi connectivity index (χ0n) is 11.7. The number of nitrogens with one attached hydrogen (secondary N) is 1. The molecule has 4 heteroatoms. The Bertz CT molecular complexity index is 405. The Kier molecular flexibility index (Phi) is 5.14. The minimum Gasteiger partial charge on any atom is -0.315 e. The highest BCUT2D eigenvalue weighted by Gasteiger charge is 2.31. The lowest BCUT2D eigenvalue weighted by Gasteiger charge is -2.40. The molecule has 102 valence electrons. The van der Waals surface area contributed by atoms with Gasteiger partial charge in [0.1, 0.15) is 5.82 Å². The normalized spacial score (nSPS) is 14.0. The van der Waals surface area contributed by atoms with Gasteiger partial charge in [0.05, 0.1) is 0 Å². The molecule has 0 fully saturated rings. The van der Waals surface area contributed by atoms with Gasteiger partial charge in [0.2, 0.25) is 0 Å². The Morgan fingerprint density at radius 2 is 2.00 bits per heavy atom. The lowest BCUT2D eigenvalue weighted by atomic mass is 9.88. The summed E-state index contributed by atoms with van der Waals surface area (Å²) >= 11 is 5.92. The fraction of sp³-hybridized carbons (Fsp3) is 0.571. The fourth-order valence-electron chi connectivity index (χ4n) is 1.94. The van der Waals surface area contributed by atoms with Crippen LogP contribution in [0.1, 0.15) is 19.4 Å². The van der Waals surface area contributed by atoms with Gasteiger partial charge in [-0.1, -0.05) is 11.6 Å². The molecular formula is C14H22ClFN2. The van der Waals surface area contributed by atoms with Crippen LogP contribution in [-0.2, 0) is 6.42 Å². The van der Waals surface area contributed by atoms with Gasteiger partial charge in [-0.25, -0.2) is 4.39 Å². The fourth-order valence-corrected chi connectivity index (χ4v) is 2.13. The van der Waals surface area contributed by atoms with E-state index in [1.807, 2.05) is 21.1 Å². The van der Waals surface area contributed by atoms with Crippen LogP contribution in [0.4, 0.5) is 4.39 Å². The van der Waals surface area contributed by atoms with E-state index in [1.54, 1.807) is 12.1 Å². The molecule has 0 aromatic heterocycles. The highest BCUT2D eigenvalue weighted by atomic mass is 35.5. The molecule has 0 aliphatic rings. The molecule has 1 atom stereocenters. The van der Waals surface area contributed by atoms with E-state index in [0.29, 0.717) is 17.0 Å². The molecule has 0 amide bonds. The van der Waals surface area contributed by atoms with Crippen LogP contribution in [0.3, 0.4) is 0 Å². The molecular weight excluding hydrogens is 251 g/mol. The summed E-state index contributed by atoms with van der Waals surface area (Å²) < 4.78 is 13.8. The Hall–Kier alpha value is -0.640. The van der Waals surface area contributed by atoms with Crippen molar-refractivity contribution in [2.45, 2.75) is 31.8 Å². The summed E-state index contributed by atoms with van der Waals surface area (Å²) in [6, 6.07) is 4.84. The predicted molar refractivity (Wildman–Crippen MR) is 75.7 cm³/mol. The van der Waals surface area contributed by atoms with Gasteiger partial charge >= 0.3 is 0 Å². The van der Waals surface area contributed by atoms with Crippen LogP contribution in [0.25, 0.3) is 0 Å². The third kappa shape index (κ3) is 3.44. The Labute approximate surface area is 114 Å². The molecule has 1 unspecified atom stereocenters. The van der Waals surface area contributed by atoms with Crippen LogP contribution in [-0.4, -0.2) is 37.6 Å². The molecule has 0 aliphatic carbocycles. The second-order valence-electron chi connectivity index (χ2n) is 5.33. The second kappa shape index (κ2) is 6.00. The van der Waals surface area contributed by atoms with E-state index in [1.165, 1.54) is 6.07 Å². The SMILES string of the molecule is CNC(Cc1cc(Cl)ccc1F)C(C)(C)N(C)C. The molecule has 2 nitrogen and oxygen atoms in total. The summed E-state index contributed by atoms with van der Waals surface area (Å²) in [5, 5.41) is 3.84. The molecule has 1 aromatic rings. The molecule has 0 heterocycles. The summed E-state index contributed by atoms with van der Waals surface area (Å²) in [6.07, 6.45) is 0.605. The van der Waals surface area contributed by atoms with E-state index in [0.717, 1.165) is 0 Å². The standard InChI is InChI=1S/C14H22ClFN2/c1-14(2,18(4)5)13(17-3)9-10-8-11(15)6-7-12(10)16/h6-8,13,17H,9H2,1-5H3. The van der Waals surface area contributed by atoms with Crippen molar-refractivity contribution in [1.82, 2.24) is 10.2 Å². The van der Waals surface area contributed by atoms with Gasteiger partial charge in [-0.05, 0) is 65.2 Å². The van der Waals surface area contributed by atoms with Crippen LogP contribution >= 0.6 is 11.6 Å². The van der Waals surface area contributed by atoms with E-state index < -0.39 is 0 Å². The summed E-state index contributed by atoms with van der Waals surface area (Å²) in [7, 11) is 5.95. The van der Waals surface area contributed by atoms with Crippen LogP contribution in [0.2, 0.25) is 5.02 Å². The smallest absolute Gasteiger partial charge is 0.126 e. The van der Waals surface area contributed by atoms with Crippen molar-refractivity contribution in [3.63, 3.8) is 0 Å². The van der Waals surface area contributed by atoms with E-state index in [-0.39, 0.29) is 17.4 Å². The molecule has 0 spiro atoms. The highest BCUT2D eigenvalue weighted by Crippen LogP contribution is 2.22. The zero-order chi connectivity index (χ0) is 13.9. The highest BCUT2D eigenvalue weighted by molar-refractivity contribution is 6.30. The van der Waals surface area contributed by atoms with Gasteiger partial charge in [0, 0.05) is 16.6 Å². The van der Waals surface area contributed by atoms with Gasteiger partial charge in [-0.15, -0.1) is 0 Å². The van der Waals surface area contributed by atoms with Crippen molar-refractivity contribution in [3.05, 3.63) is 34.6 Å². The average molecular weight is 273 g/mol. The van der Waals surface area contributed by atoms with E-state index in [9.17, 15) is 4.39 Å². The molecule has 1 aromatic carbocycles. The number of rotatable bonds is 5. The molecule has 0 saturated carbocycles. The van der Waals surface area contributed by atoms with Gasteiger partial charge in [0.25, 0.3) is 0 Å². The molecule has 0 radical (unpaired) electrons. The van der Waals surface area contributed by atoms with Crippen LogP contribution < -0.4 is 5.32 Å². The third-order valence-electron chi connectivity index (χ3n) is 3.79. The number of hydrogen-bond donors (Lipinski definition) is 1. The van der Waals surface area contributed by atoms with Crippen LogP contribution in [0, 0.1) is 5.82 Å². The Morgan fingerprint density at radius 3 is 2.50 bits per heavy atom. The van der Waals surface area contributed by atoms with Crippen LogP contribution in [0.15, 0.2) is 18.2 Å². The van der Waals surface area contributed by atoms with Gasteiger partial charge < -0.3 is 10.2 Å². The average Bonchev–Trinajstić information content (AvgIpc) is 2.29. The van der Waals surface area contributed by atoms with Crippen molar-refractivity contribution < 1.29 is 4.39 Å². The second-order valence-corrected chi connectivity index (χ2v) is 5.77. The maximum atomic E-state index is 13.8. The number of nitrogens with zero attached hydrogens (tertiary/aromatic N) is 1. The summed E-state index contributed by atoms with van der Waals surface area (Å²) in [5.41, 5.74) is 0.570. The first-order valence-electron chi connectivity index (χ1n) is 6.07. The van der Waals surface area contributed by atoms with Crippen LogP contribution in [0.5, 0.6) is 0 Å². The minimum absolute atomic E-state index is 0.0799. The van der Waals surface area contributed by atoms with E-state index >= 15 is 0 Å². The predicted octanol–water partition coefficient (Wildman–Crippen LogP) is 2.95.